The lowest BCUT2D eigenvalue weighted by atomic mass is 10.2. The Hall–Kier alpha value is -2.83. The molecule has 0 spiro atoms. The zero-order chi connectivity index (χ0) is 19.6. The predicted octanol–water partition coefficient (Wildman–Crippen LogP) is 2.85. The number of anilines is 1. The second kappa shape index (κ2) is 10.2. The number of benzene rings is 1. The smallest absolute Gasteiger partial charge is 0.412 e. The van der Waals surface area contributed by atoms with Crippen LogP contribution in [0.2, 0.25) is 0 Å². The summed E-state index contributed by atoms with van der Waals surface area (Å²) in [5.41, 5.74) is 0.478. The molecule has 142 valence electrons. The van der Waals surface area contributed by atoms with Crippen LogP contribution < -0.4 is 16.0 Å². The minimum atomic E-state index is -0.571. The van der Waals surface area contributed by atoms with Gasteiger partial charge in [-0.15, -0.1) is 0 Å². The van der Waals surface area contributed by atoms with Gasteiger partial charge in [-0.25, -0.2) is 4.79 Å². The fraction of sp³-hybridized carbons (Fsp3) is 0.421. The molecule has 0 aliphatic carbocycles. The number of hydrogen-bond donors (Lipinski definition) is 3. The second-order valence-electron chi connectivity index (χ2n) is 6.66. The van der Waals surface area contributed by atoms with Crippen LogP contribution in [0.4, 0.5) is 10.5 Å². The zero-order valence-electron chi connectivity index (χ0n) is 15.6. The molecule has 0 fully saturated rings. The van der Waals surface area contributed by atoms with E-state index >= 15 is 0 Å². The molecule has 0 saturated heterocycles. The third-order valence-corrected chi connectivity index (χ3v) is 3.17. The molecule has 3 amide bonds. The molecule has 0 aliphatic rings. The molecule has 26 heavy (non-hydrogen) atoms. The predicted molar refractivity (Wildman–Crippen MR) is 101 cm³/mol. The van der Waals surface area contributed by atoms with Gasteiger partial charge in [0.1, 0.15) is 5.60 Å². The third kappa shape index (κ3) is 8.86. The molecule has 0 heterocycles. The molecule has 0 bridgehead atoms. The van der Waals surface area contributed by atoms with Crippen molar-refractivity contribution in [2.24, 2.45) is 0 Å². The van der Waals surface area contributed by atoms with Gasteiger partial charge in [0.15, 0.2) is 0 Å². The van der Waals surface area contributed by atoms with E-state index in [1.54, 1.807) is 45.0 Å². The lowest BCUT2D eigenvalue weighted by Crippen LogP contribution is -2.27. The Labute approximate surface area is 154 Å². The summed E-state index contributed by atoms with van der Waals surface area (Å²) in [5, 5.41) is 8.09. The molecule has 0 radical (unpaired) electrons. The van der Waals surface area contributed by atoms with Crippen LogP contribution in [0.15, 0.2) is 36.9 Å². The summed E-state index contributed by atoms with van der Waals surface area (Å²) in [6.45, 7) is 9.79. The second-order valence-corrected chi connectivity index (χ2v) is 6.66. The summed E-state index contributed by atoms with van der Waals surface area (Å²) in [5.74, 6) is -0.391. The molecule has 1 aromatic rings. The highest BCUT2D eigenvalue weighted by atomic mass is 16.6. The minimum absolute atomic E-state index is 0.191. The molecule has 7 nitrogen and oxygen atoms in total. The number of carbonyl (C=O) groups excluding carboxylic acids is 3. The average molecular weight is 361 g/mol. The Morgan fingerprint density at radius 3 is 2.15 bits per heavy atom. The number of rotatable bonds is 8. The van der Waals surface area contributed by atoms with Crippen molar-refractivity contribution in [1.29, 1.82) is 0 Å². The van der Waals surface area contributed by atoms with E-state index < -0.39 is 11.7 Å². The van der Waals surface area contributed by atoms with Crippen LogP contribution in [-0.4, -0.2) is 36.6 Å². The summed E-state index contributed by atoms with van der Waals surface area (Å²) < 4.78 is 5.17. The topological polar surface area (TPSA) is 96.5 Å². The molecule has 0 atom stereocenters. The van der Waals surface area contributed by atoms with Gasteiger partial charge >= 0.3 is 6.09 Å². The van der Waals surface area contributed by atoms with Crippen LogP contribution >= 0.6 is 0 Å². The number of ether oxygens (including phenoxy) is 1. The quantitative estimate of drug-likeness (QED) is 0.490. The van der Waals surface area contributed by atoms with E-state index in [2.05, 4.69) is 22.5 Å². The number of nitrogens with one attached hydrogen (secondary N) is 3. The highest BCUT2D eigenvalue weighted by molar-refractivity contribution is 5.95. The number of carbonyl (C=O) groups is 3. The van der Waals surface area contributed by atoms with Gasteiger partial charge in [0.05, 0.1) is 0 Å². The van der Waals surface area contributed by atoms with Gasteiger partial charge in [-0.1, -0.05) is 6.58 Å². The third-order valence-electron chi connectivity index (χ3n) is 3.17. The van der Waals surface area contributed by atoms with Gasteiger partial charge < -0.3 is 15.4 Å². The first-order valence-corrected chi connectivity index (χ1v) is 8.50. The molecule has 3 N–H and O–H groups in total. The van der Waals surface area contributed by atoms with Gasteiger partial charge in [-0.3, -0.25) is 14.9 Å². The lowest BCUT2D eigenvalue weighted by molar-refractivity contribution is -0.116. The van der Waals surface area contributed by atoms with Gasteiger partial charge in [0, 0.05) is 24.3 Å². The standard InChI is InChI=1S/C19H27N3O4/c1-5-16(23)20-12-6-7-13-21-17(24)14-8-10-15(11-9-14)22-18(25)26-19(2,3)4/h5,8-11H,1,6-7,12-13H2,2-4H3,(H,20,23)(H,21,24)(H,22,25). The van der Waals surface area contributed by atoms with Crippen molar-refractivity contribution in [3.05, 3.63) is 42.5 Å². The van der Waals surface area contributed by atoms with Crippen molar-refractivity contribution >= 4 is 23.6 Å². The van der Waals surface area contributed by atoms with Gasteiger partial charge in [-0.2, -0.15) is 0 Å². The molecular formula is C19H27N3O4. The summed E-state index contributed by atoms with van der Waals surface area (Å²) in [6.07, 6.45) is 2.20. The van der Waals surface area contributed by atoms with Crippen molar-refractivity contribution < 1.29 is 19.1 Å². The van der Waals surface area contributed by atoms with Crippen LogP contribution in [0.25, 0.3) is 0 Å². The van der Waals surface area contributed by atoms with E-state index in [0.717, 1.165) is 12.8 Å². The van der Waals surface area contributed by atoms with Gasteiger partial charge in [0.2, 0.25) is 5.91 Å². The maximum atomic E-state index is 12.0. The highest BCUT2D eigenvalue weighted by Crippen LogP contribution is 2.13. The molecule has 0 unspecified atom stereocenters. The first-order valence-electron chi connectivity index (χ1n) is 8.50. The van der Waals surface area contributed by atoms with E-state index in [4.69, 9.17) is 4.74 Å². The van der Waals surface area contributed by atoms with Crippen molar-refractivity contribution in [2.45, 2.75) is 39.2 Å². The molecular weight excluding hydrogens is 334 g/mol. The summed E-state index contributed by atoms with van der Waals surface area (Å²) in [7, 11) is 0. The van der Waals surface area contributed by atoms with Crippen molar-refractivity contribution in [1.82, 2.24) is 10.6 Å². The lowest BCUT2D eigenvalue weighted by Gasteiger charge is -2.19. The maximum absolute atomic E-state index is 12.0. The van der Waals surface area contributed by atoms with E-state index in [1.165, 1.54) is 6.08 Å². The van der Waals surface area contributed by atoms with E-state index in [-0.39, 0.29) is 11.8 Å². The van der Waals surface area contributed by atoms with E-state index in [9.17, 15) is 14.4 Å². The Balaban J connectivity index is 2.34. The van der Waals surface area contributed by atoms with E-state index in [1.807, 2.05) is 0 Å². The average Bonchev–Trinajstić information content (AvgIpc) is 2.56. The van der Waals surface area contributed by atoms with Crippen LogP contribution in [0.1, 0.15) is 44.0 Å². The summed E-state index contributed by atoms with van der Waals surface area (Å²) >= 11 is 0. The fourth-order valence-corrected chi connectivity index (χ4v) is 1.96. The van der Waals surface area contributed by atoms with Gasteiger partial charge in [-0.05, 0) is 64.0 Å². The number of hydrogen-bond acceptors (Lipinski definition) is 4. The summed E-state index contributed by atoms with van der Waals surface area (Å²) in [6, 6.07) is 6.55. The summed E-state index contributed by atoms with van der Waals surface area (Å²) in [4.78, 5) is 34.7. The number of amides is 3. The van der Waals surface area contributed by atoms with Crippen LogP contribution in [-0.2, 0) is 9.53 Å². The Kier molecular flexibility index (Phi) is 8.34. The molecule has 7 heteroatoms. The minimum Gasteiger partial charge on any atom is -0.444 e. The molecule has 0 aliphatic heterocycles. The van der Waals surface area contributed by atoms with Crippen LogP contribution in [0, 0.1) is 0 Å². The highest BCUT2D eigenvalue weighted by Gasteiger charge is 2.16. The molecule has 1 aromatic carbocycles. The first-order chi connectivity index (χ1) is 12.2. The van der Waals surface area contributed by atoms with Crippen molar-refractivity contribution in [3.8, 4) is 0 Å². The molecule has 0 aromatic heterocycles. The van der Waals surface area contributed by atoms with Crippen molar-refractivity contribution in [2.75, 3.05) is 18.4 Å². The molecule has 1 rings (SSSR count). The van der Waals surface area contributed by atoms with Crippen LogP contribution in [0.5, 0.6) is 0 Å². The number of unbranched alkanes of at least 4 members (excludes halogenated alkanes) is 1. The van der Waals surface area contributed by atoms with Crippen LogP contribution in [0.3, 0.4) is 0 Å². The normalized spacial score (nSPS) is 10.6. The molecule has 0 saturated carbocycles. The monoisotopic (exact) mass is 361 g/mol. The first kappa shape index (κ1) is 21.2. The Morgan fingerprint density at radius 2 is 1.62 bits per heavy atom. The maximum Gasteiger partial charge on any atom is 0.412 e. The fourth-order valence-electron chi connectivity index (χ4n) is 1.96. The van der Waals surface area contributed by atoms with Crippen molar-refractivity contribution in [3.63, 3.8) is 0 Å². The van der Waals surface area contributed by atoms with Gasteiger partial charge in [0.25, 0.3) is 5.91 Å². The SMILES string of the molecule is C=CC(=O)NCCCCNC(=O)c1ccc(NC(=O)OC(C)(C)C)cc1. The largest absolute Gasteiger partial charge is 0.444 e. The Morgan fingerprint density at radius 1 is 1.04 bits per heavy atom. The Bertz CT molecular complexity index is 633. The zero-order valence-corrected chi connectivity index (χ0v) is 15.6. The van der Waals surface area contributed by atoms with E-state index in [0.29, 0.717) is 24.3 Å².